The highest BCUT2D eigenvalue weighted by atomic mass is 16.3. The lowest BCUT2D eigenvalue weighted by Gasteiger charge is -2.39. The van der Waals surface area contributed by atoms with Gasteiger partial charge in [-0.3, -0.25) is 0 Å². The third kappa shape index (κ3) is 8.86. The Bertz CT molecular complexity index is 344. The van der Waals surface area contributed by atoms with Crippen LogP contribution in [0.25, 0.3) is 0 Å². The summed E-state index contributed by atoms with van der Waals surface area (Å²) >= 11 is 0. The van der Waals surface area contributed by atoms with Gasteiger partial charge in [-0.2, -0.15) is 0 Å². The molecule has 2 aliphatic rings. The van der Waals surface area contributed by atoms with E-state index in [2.05, 4.69) is 27.7 Å². The lowest BCUT2D eigenvalue weighted by Crippen LogP contribution is -2.32. The molecule has 0 radical (unpaired) electrons. The summed E-state index contributed by atoms with van der Waals surface area (Å²) in [4.78, 5) is 0. The van der Waals surface area contributed by atoms with Gasteiger partial charge >= 0.3 is 0 Å². The predicted molar refractivity (Wildman–Crippen MR) is 126 cm³/mol. The maximum absolute atomic E-state index is 9.90. The molecule has 2 nitrogen and oxygen atoms in total. The van der Waals surface area contributed by atoms with Crippen LogP contribution in [0.5, 0.6) is 0 Å². The molecule has 0 heterocycles. The van der Waals surface area contributed by atoms with Gasteiger partial charge in [0.1, 0.15) is 0 Å². The molecule has 0 spiro atoms. The van der Waals surface area contributed by atoms with E-state index in [4.69, 9.17) is 0 Å². The fourth-order valence-electron chi connectivity index (χ4n) is 5.48. The third-order valence-corrected chi connectivity index (χ3v) is 7.95. The van der Waals surface area contributed by atoms with Crippen molar-refractivity contribution < 1.29 is 13.4 Å². The van der Waals surface area contributed by atoms with E-state index in [0.717, 1.165) is 29.6 Å². The van der Waals surface area contributed by atoms with Gasteiger partial charge in [0, 0.05) is 2.85 Å². The van der Waals surface area contributed by atoms with Gasteiger partial charge in [0.25, 0.3) is 0 Å². The molecule has 0 amide bonds. The number of aliphatic hydroxyl groups excluding tert-OH is 1. The van der Waals surface area contributed by atoms with Crippen LogP contribution in [0.1, 0.15) is 117 Å². The summed E-state index contributed by atoms with van der Waals surface area (Å²) in [5.41, 5.74) is 0. The van der Waals surface area contributed by atoms with Gasteiger partial charge in [-0.05, 0) is 80.5 Å². The van der Waals surface area contributed by atoms with Gasteiger partial charge in [0.2, 0.25) is 0 Å². The molecule has 6 atom stereocenters. The van der Waals surface area contributed by atoms with E-state index >= 15 is 0 Å². The highest BCUT2D eigenvalue weighted by Crippen LogP contribution is 2.44. The Morgan fingerprint density at radius 3 is 1.74 bits per heavy atom. The average Bonchev–Trinajstić information content (AvgIpc) is 2.86. The molecule has 2 heteroatoms. The molecule has 2 rings (SSSR count). The first-order valence-electron chi connectivity index (χ1n) is 11.6. The Balaban J connectivity index is -0.000000505. The summed E-state index contributed by atoms with van der Waals surface area (Å²) in [6.45, 7) is 15.4. The van der Waals surface area contributed by atoms with Gasteiger partial charge in [0.15, 0.2) is 0 Å². The van der Waals surface area contributed by atoms with Gasteiger partial charge in [-0.15, -0.1) is 0 Å². The summed E-state index contributed by atoms with van der Waals surface area (Å²) < 4.78 is 0. The SMILES string of the molecule is C.CC.CC1CCCC(C2CCC(C(C)C(C)C(C)C(C)O)CC2)CC1.O.[HH].[HH]. The van der Waals surface area contributed by atoms with Crippen LogP contribution >= 0.6 is 0 Å². The summed E-state index contributed by atoms with van der Waals surface area (Å²) in [6, 6.07) is 0. The maximum Gasteiger partial charge on any atom is 0.0540 e. The number of rotatable bonds is 5. The van der Waals surface area contributed by atoms with Crippen molar-refractivity contribution in [3.63, 3.8) is 0 Å². The Labute approximate surface area is 175 Å². The zero-order valence-electron chi connectivity index (χ0n) is 18.9. The summed E-state index contributed by atoms with van der Waals surface area (Å²) in [7, 11) is 0. The third-order valence-electron chi connectivity index (χ3n) is 7.95. The second kappa shape index (κ2) is 14.9. The van der Waals surface area contributed by atoms with Crippen LogP contribution in [-0.2, 0) is 0 Å². The number of hydrogen-bond donors (Lipinski definition) is 1. The van der Waals surface area contributed by atoms with E-state index in [9.17, 15) is 5.11 Å². The predicted octanol–water partition coefficient (Wildman–Crippen LogP) is 7.63. The zero-order chi connectivity index (χ0) is 19.0. The minimum absolute atomic E-state index is 0. The molecule has 2 fully saturated rings. The van der Waals surface area contributed by atoms with E-state index in [1.807, 2.05) is 20.8 Å². The molecule has 0 saturated heterocycles. The number of aliphatic hydroxyl groups is 1. The molecule has 2 saturated carbocycles. The van der Waals surface area contributed by atoms with Crippen molar-refractivity contribution in [2.75, 3.05) is 0 Å². The van der Waals surface area contributed by atoms with Crippen LogP contribution in [0.3, 0.4) is 0 Å². The van der Waals surface area contributed by atoms with Crippen molar-refractivity contribution in [1.82, 2.24) is 0 Å². The Kier molecular flexibility index (Phi) is 16.0. The highest BCUT2D eigenvalue weighted by molar-refractivity contribution is 4.84. The molecule has 3 N–H and O–H groups in total. The van der Waals surface area contributed by atoms with Gasteiger partial charge in [-0.1, -0.05) is 74.7 Å². The summed E-state index contributed by atoms with van der Waals surface area (Å²) in [6.07, 6.45) is 13.1. The van der Waals surface area contributed by atoms with Crippen molar-refractivity contribution in [2.24, 2.45) is 41.4 Å². The van der Waals surface area contributed by atoms with E-state index in [-0.39, 0.29) is 21.9 Å². The summed E-state index contributed by atoms with van der Waals surface area (Å²) in [5, 5.41) is 9.90. The first-order chi connectivity index (χ1) is 11.9. The van der Waals surface area contributed by atoms with Crippen LogP contribution in [0.4, 0.5) is 0 Å². The largest absolute Gasteiger partial charge is 0.412 e. The van der Waals surface area contributed by atoms with Crippen LogP contribution in [0, 0.1) is 41.4 Å². The van der Waals surface area contributed by atoms with E-state index < -0.39 is 0 Å². The Morgan fingerprint density at radius 2 is 1.22 bits per heavy atom. The van der Waals surface area contributed by atoms with Crippen LogP contribution in [0.15, 0.2) is 0 Å². The fraction of sp³-hybridized carbons (Fsp3) is 1.00. The second-order valence-electron chi connectivity index (χ2n) is 9.37. The topological polar surface area (TPSA) is 51.7 Å². The fourth-order valence-corrected chi connectivity index (χ4v) is 5.48. The van der Waals surface area contributed by atoms with Crippen molar-refractivity contribution in [2.45, 2.75) is 120 Å². The van der Waals surface area contributed by atoms with Gasteiger partial charge < -0.3 is 10.6 Å². The number of hydrogen-bond acceptors (Lipinski definition) is 1. The molecule has 6 unspecified atom stereocenters. The molecule has 0 aromatic heterocycles. The van der Waals surface area contributed by atoms with Gasteiger partial charge in [0.05, 0.1) is 6.10 Å². The monoisotopic (exact) mass is 390 g/mol. The molecule has 27 heavy (non-hydrogen) atoms. The standard InChI is InChI=1S/C22H42O.C2H6.CH4.H2O.2H2/c1-15-7-6-8-21(10-9-15)22-13-11-20(12-14-22)18(4)16(2)17(3)19(5)23;1-2;;;;/h15-23H,6-14H2,1-5H3;1-2H3;1H4;1H2;2*1H. The molecule has 170 valence electrons. The molecular formula is C25H58O2. The quantitative estimate of drug-likeness (QED) is 0.482. The van der Waals surface area contributed by atoms with Gasteiger partial charge in [-0.25, -0.2) is 0 Å². The molecule has 0 aromatic rings. The normalized spacial score (nSPS) is 32.9. The van der Waals surface area contributed by atoms with Crippen molar-refractivity contribution in [3.05, 3.63) is 0 Å². The molecule has 0 aliphatic heterocycles. The molecule has 0 aromatic carbocycles. The smallest absolute Gasteiger partial charge is 0.0540 e. The highest BCUT2D eigenvalue weighted by Gasteiger charge is 2.34. The lowest BCUT2D eigenvalue weighted by atomic mass is 9.66. The average molecular weight is 391 g/mol. The first kappa shape index (κ1) is 29.1. The molecular weight excluding hydrogens is 332 g/mol. The second-order valence-corrected chi connectivity index (χ2v) is 9.37. The Morgan fingerprint density at radius 1 is 0.741 bits per heavy atom. The lowest BCUT2D eigenvalue weighted by molar-refractivity contribution is 0.0556. The molecule has 2 aliphatic carbocycles. The van der Waals surface area contributed by atoms with E-state index in [1.54, 1.807) is 0 Å². The summed E-state index contributed by atoms with van der Waals surface area (Å²) in [5.74, 6) is 5.74. The minimum Gasteiger partial charge on any atom is -0.412 e. The van der Waals surface area contributed by atoms with E-state index in [1.165, 1.54) is 57.8 Å². The zero-order valence-corrected chi connectivity index (χ0v) is 18.9. The Hall–Kier alpha value is -0.0800. The van der Waals surface area contributed by atoms with Crippen molar-refractivity contribution in [3.8, 4) is 0 Å². The maximum atomic E-state index is 9.90. The van der Waals surface area contributed by atoms with Crippen molar-refractivity contribution >= 4 is 0 Å². The van der Waals surface area contributed by atoms with Crippen LogP contribution < -0.4 is 0 Å². The van der Waals surface area contributed by atoms with Crippen LogP contribution in [-0.4, -0.2) is 16.7 Å². The van der Waals surface area contributed by atoms with Crippen molar-refractivity contribution in [1.29, 1.82) is 0 Å². The minimum atomic E-state index is -0.170. The molecule has 0 bridgehead atoms. The van der Waals surface area contributed by atoms with E-state index in [0.29, 0.717) is 11.8 Å². The van der Waals surface area contributed by atoms with Crippen LogP contribution in [0.2, 0.25) is 0 Å². The first-order valence-corrected chi connectivity index (χ1v) is 11.6.